The Kier molecular flexibility index (Phi) is 6.17. The summed E-state index contributed by atoms with van der Waals surface area (Å²) in [5, 5.41) is 7.38. The van der Waals surface area contributed by atoms with Crippen LogP contribution in [0.25, 0.3) is 0 Å². The lowest BCUT2D eigenvalue weighted by Crippen LogP contribution is -2.25. The van der Waals surface area contributed by atoms with Crippen LogP contribution in [0.2, 0.25) is 5.02 Å². The Morgan fingerprint density at radius 1 is 1.12 bits per heavy atom. The first-order valence-electron chi connectivity index (χ1n) is 7.21. The van der Waals surface area contributed by atoms with Crippen LogP contribution in [0.3, 0.4) is 0 Å². The molecule has 2 aromatic carbocycles. The molecule has 0 aliphatic rings. The van der Waals surface area contributed by atoms with E-state index in [4.69, 9.17) is 16.4 Å². The van der Waals surface area contributed by atoms with Crippen molar-refractivity contribution in [2.45, 2.75) is 0 Å². The van der Waals surface area contributed by atoms with E-state index in [0.29, 0.717) is 22.0 Å². The standard InChI is InChI=1S/C17H18ClN3O3/c1-21(24-2)17(23)12-7-9-13(10-8-12)20-16(22)11-19-15-6-4-3-5-14(15)18/h3-10,19H,11H2,1-2H3,(H,20,22). The molecule has 2 N–H and O–H groups in total. The zero-order valence-electron chi connectivity index (χ0n) is 13.4. The molecule has 0 radical (unpaired) electrons. The predicted octanol–water partition coefficient (Wildman–Crippen LogP) is 3.02. The Labute approximate surface area is 145 Å². The molecule has 24 heavy (non-hydrogen) atoms. The second kappa shape index (κ2) is 8.33. The molecule has 0 saturated carbocycles. The SMILES string of the molecule is CON(C)C(=O)c1ccc(NC(=O)CNc2ccccc2Cl)cc1. The Morgan fingerprint density at radius 2 is 1.79 bits per heavy atom. The molecule has 0 saturated heterocycles. The number of hydrogen-bond acceptors (Lipinski definition) is 4. The number of anilines is 2. The Morgan fingerprint density at radius 3 is 2.42 bits per heavy atom. The minimum atomic E-state index is -0.268. The van der Waals surface area contributed by atoms with Gasteiger partial charge in [-0.25, -0.2) is 5.06 Å². The van der Waals surface area contributed by atoms with Gasteiger partial charge in [0.05, 0.1) is 24.4 Å². The molecular weight excluding hydrogens is 330 g/mol. The first kappa shape index (κ1) is 17.8. The minimum absolute atomic E-state index is 0.0802. The normalized spacial score (nSPS) is 10.1. The summed E-state index contributed by atoms with van der Waals surface area (Å²) in [5.41, 5.74) is 1.75. The molecule has 6 nitrogen and oxygen atoms in total. The third-order valence-corrected chi connectivity index (χ3v) is 3.62. The molecule has 2 rings (SSSR count). The van der Waals surface area contributed by atoms with Gasteiger partial charge in [0.15, 0.2) is 0 Å². The lowest BCUT2D eigenvalue weighted by molar-refractivity contribution is -0.114. The second-order valence-corrected chi connectivity index (χ2v) is 5.35. The van der Waals surface area contributed by atoms with Gasteiger partial charge >= 0.3 is 0 Å². The van der Waals surface area contributed by atoms with Crippen molar-refractivity contribution in [1.82, 2.24) is 5.06 Å². The highest BCUT2D eigenvalue weighted by molar-refractivity contribution is 6.33. The van der Waals surface area contributed by atoms with Crippen LogP contribution in [0, 0.1) is 0 Å². The number of halogens is 1. The van der Waals surface area contributed by atoms with Crippen molar-refractivity contribution in [3.05, 3.63) is 59.1 Å². The average Bonchev–Trinajstić information content (AvgIpc) is 2.60. The highest BCUT2D eigenvalue weighted by Crippen LogP contribution is 2.20. The van der Waals surface area contributed by atoms with E-state index in [2.05, 4.69) is 10.6 Å². The van der Waals surface area contributed by atoms with Gasteiger partial charge < -0.3 is 10.6 Å². The van der Waals surface area contributed by atoms with Crippen LogP contribution in [0.15, 0.2) is 48.5 Å². The van der Waals surface area contributed by atoms with Gasteiger partial charge in [0.1, 0.15) is 0 Å². The monoisotopic (exact) mass is 347 g/mol. The molecular formula is C17H18ClN3O3. The van der Waals surface area contributed by atoms with E-state index in [1.165, 1.54) is 14.2 Å². The third-order valence-electron chi connectivity index (χ3n) is 3.29. The third kappa shape index (κ3) is 4.71. The van der Waals surface area contributed by atoms with E-state index in [-0.39, 0.29) is 18.4 Å². The Hall–Kier alpha value is -2.57. The number of carbonyl (C=O) groups is 2. The van der Waals surface area contributed by atoms with Crippen molar-refractivity contribution >= 4 is 34.8 Å². The van der Waals surface area contributed by atoms with Crippen LogP contribution in [0.5, 0.6) is 0 Å². The molecule has 0 atom stereocenters. The van der Waals surface area contributed by atoms with Gasteiger partial charge in [0.2, 0.25) is 5.91 Å². The van der Waals surface area contributed by atoms with Crippen LogP contribution in [-0.4, -0.2) is 37.6 Å². The molecule has 0 aliphatic carbocycles. The number of rotatable bonds is 6. The van der Waals surface area contributed by atoms with Crippen LogP contribution < -0.4 is 10.6 Å². The number of para-hydroxylation sites is 1. The van der Waals surface area contributed by atoms with Crippen LogP contribution in [-0.2, 0) is 9.63 Å². The van der Waals surface area contributed by atoms with E-state index in [9.17, 15) is 9.59 Å². The number of amides is 2. The number of hydrogen-bond donors (Lipinski definition) is 2. The van der Waals surface area contributed by atoms with Gasteiger partial charge in [-0.15, -0.1) is 0 Å². The maximum absolute atomic E-state index is 12.0. The summed E-state index contributed by atoms with van der Waals surface area (Å²) in [6.45, 7) is 0.0802. The lowest BCUT2D eigenvalue weighted by Gasteiger charge is -2.14. The van der Waals surface area contributed by atoms with Crippen LogP contribution >= 0.6 is 11.6 Å². The fourth-order valence-corrected chi connectivity index (χ4v) is 2.15. The largest absolute Gasteiger partial charge is 0.375 e. The van der Waals surface area contributed by atoms with Gasteiger partial charge in [-0.3, -0.25) is 14.4 Å². The zero-order chi connectivity index (χ0) is 17.5. The maximum atomic E-state index is 12.0. The predicted molar refractivity (Wildman–Crippen MR) is 94.1 cm³/mol. The Bertz CT molecular complexity index is 719. The number of nitrogens with zero attached hydrogens (tertiary/aromatic N) is 1. The van der Waals surface area contributed by atoms with Crippen molar-refractivity contribution in [3.63, 3.8) is 0 Å². The fraction of sp³-hybridized carbons (Fsp3) is 0.176. The van der Waals surface area contributed by atoms with E-state index in [1.807, 2.05) is 12.1 Å². The first-order chi connectivity index (χ1) is 11.5. The quantitative estimate of drug-likeness (QED) is 0.788. The molecule has 7 heteroatoms. The number of hydroxylamine groups is 2. The summed E-state index contributed by atoms with van der Waals surface area (Å²) in [5.74, 6) is -0.487. The van der Waals surface area contributed by atoms with Gasteiger partial charge in [-0.05, 0) is 36.4 Å². The van der Waals surface area contributed by atoms with Crippen LogP contribution in [0.4, 0.5) is 11.4 Å². The smallest absolute Gasteiger partial charge is 0.277 e. The molecule has 2 amide bonds. The number of nitrogens with one attached hydrogen (secondary N) is 2. The van der Waals surface area contributed by atoms with Gasteiger partial charge in [-0.2, -0.15) is 0 Å². The van der Waals surface area contributed by atoms with E-state index < -0.39 is 0 Å². The van der Waals surface area contributed by atoms with Gasteiger partial charge in [0, 0.05) is 18.3 Å². The van der Waals surface area contributed by atoms with Gasteiger partial charge in [0.25, 0.3) is 5.91 Å². The summed E-state index contributed by atoms with van der Waals surface area (Å²) in [7, 11) is 2.94. The van der Waals surface area contributed by atoms with Crippen molar-refractivity contribution in [3.8, 4) is 0 Å². The summed E-state index contributed by atoms with van der Waals surface area (Å²) < 4.78 is 0. The topological polar surface area (TPSA) is 70.7 Å². The van der Waals surface area contributed by atoms with E-state index in [0.717, 1.165) is 5.06 Å². The molecule has 126 valence electrons. The summed E-state index contributed by atoms with van der Waals surface area (Å²) in [6.07, 6.45) is 0. The summed E-state index contributed by atoms with van der Waals surface area (Å²) >= 11 is 6.01. The average molecular weight is 348 g/mol. The van der Waals surface area contributed by atoms with E-state index >= 15 is 0 Å². The molecule has 0 aromatic heterocycles. The molecule has 2 aromatic rings. The maximum Gasteiger partial charge on any atom is 0.277 e. The summed E-state index contributed by atoms with van der Waals surface area (Å²) in [6, 6.07) is 13.7. The van der Waals surface area contributed by atoms with Gasteiger partial charge in [-0.1, -0.05) is 23.7 Å². The number of carbonyl (C=O) groups excluding carboxylic acids is 2. The molecule has 0 spiro atoms. The molecule has 0 bridgehead atoms. The summed E-state index contributed by atoms with van der Waals surface area (Å²) in [4.78, 5) is 28.7. The molecule has 0 heterocycles. The zero-order valence-corrected chi connectivity index (χ0v) is 14.1. The highest BCUT2D eigenvalue weighted by Gasteiger charge is 2.11. The van der Waals surface area contributed by atoms with Crippen molar-refractivity contribution in [2.75, 3.05) is 31.3 Å². The fourth-order valence-electron chi connectivity index (χ4n) is 1.95. The first-order valence-corrected chi connectivity index (χ1v) is 7.59. The molecule has 0 aliphatic heterocycles. The van der Waals surface area contributed by atoms with Crippen molar-refractivity contribution in [2.24, 2.45) is 0 Å². The lowest BCUT2D eigenvalue weighted by atomic mass is 10.2. The van der Waals surface area contributed by atoms with Crippen LogP contribution in [0.1, 0.15) is 10.4 Å². The highest BCUT2D eigenvalue weighted by atomic mass is 35.5. The number of benzene rings is 2. The van der Waals surface area contributed by atoms with E-state index in [1.54, 1.807) is 36.4 Å². The molecule has 0 unspecified atom stereocenters. The molecule has 0 fully saturated rings. The minimum Gasteiger partial charge on any atom is -0.375 e. The second-order valence-electron chi connectivity index (χ2n) is 4.94. The van der Waals surface area contributed by atoms with Crippen molar-refractivity contribution in [1.29, 1.82) is 0 Å². The van der Waals surface area contributed by atoms with Crippen molar-refractivity contribution < 1.29 is 14.4 Å². The Balaban J connectivity index is 1.90.